The molecule has 1 aliphatic rings. The van der Waals surface area contributed by atoms with E-state index in [0.29, 0.717) is 0 Å². The lowest BCUT2D eigenvalue weighted by atomic mass is 9.75. The molecule has 3 rings (SSSR count). The zero-order chi connectivity index (χ0) is 27.1. The minimum Gasteiger partial charge on any atom is -0.503 e. The number of amides is 1. The summed E-state index contributed by atoms with van der Waals surface area (Å²) in [6, 6.07) is 9.12. The summed E-state index contributed by atoms with van der Waals surface area (Å²) in [7, 11) is 1.31. The van der Waals surface area contributed by atoms with Gasteiger partial charge < -0.3 is 29.7 Å². The number of esters is 2. The number of rotatable bonds is 8. The Morgan fingerprint density at radius 3 is 2.54 bits per heavy atom. The third kappa shape index (κ3) is 6.75. The lowest BCUT2D eigenvalue weighted by Crippen LogP contribution is -2.46. The molecule has 1 fully saturated rings. The molecule has 198 valence electrons. The molecule has 0 spiro atoms. The van der Waals surface area contributed by atoms with Crippen LogP contribution in [-0.2, 0) is 30.3 Å². The first-order valence-corrected chi connectivity index (χ1v) is 11.8. The molecule has 1 aromatic heterocycles. The fourth-order valence-electron chi connectivity index (χ4n) is 4.62. The first-order valence-electron chi connectivity index (χ1n) is 11.8. The van der Waals surface area contributed by atoms with Crippen molar-refractivity contribution < 1.29 is 43.6 Å². The van der Waals surface area contributed by atoms with Crippen molar-refractivity contribution in [3.63, 3.8) is 0 Å². The van der Waals surface area contributed by atoms with Crippen LogP contribution < -0.4 is 10.1 Å². The molecule has 2 unspecified atom stereocenters. The third-order valence-electron chi connectivity index (χ3n) is 6.37. The molecule has 11 nitrogen and oxygen atoms in total. The molecule has 11 heteroatoms. The van der Waals surface area contributed by atoms with Crippen LogP contribution in [0.4, 0.5) is 0 Å². The first-order chi connectivity index (χ1) is 17.6. The highest BCUT2D eigenvalue weighted by Crippen LogP contribution is 2.34. The van der Waals surface area contributed by atoms with E-state index in [1.165, 1.54) is 19.4 Å². The second-order valence-electron chi connectivity index (χ2n) is 8.96. The van der Waals surface area contributed by atoms with E-state index in [9.17, 15) is 29.4 Å². The van der Waals surface area contributed by atoms with Crippen LogP contribution in [0.2, 0.25) is 0 Å². The number of hydrogen-bond acceptors (Lipinski definition) is 9. The molecular weight excluding hydrogens is 484 g/mol. The second kappa shape index (κ2) is 12.2. The number of nitrogens with one attached hydrogen (secondary N) is 1. The molecule has 5 atom stereocenters. The van der Waals surface area contributed by atoms with Gasteiger partial charge >= 0.3 is 17.9 Å². The van der Waals surface area contributed by atoms with E-state index in [1.54, 1.807) is 13.8 Å². The van der Waals surface area contributed by atoms with Crippen molar-refractivity contribution in [2.24, 2.45) is 17.8 Å². The van der Waals surface area contributed by atoms with Crippen molar-refractivity contribution in [3.8, 4) is 11.5 Å². The van der Waals surface area contributed by atoms with Gasteiger partial charge in [0, 0.05) is 24.6 Å². The maximum atomic E-state index is 13.3. The quantitative estimate of drug-likeness (QED) is 0.444. The van der Waals surface area contributed by atoms with Crippen molar-refractivity contribution in [1.29, 1.82) is 0 Å². The largest absolute Gasteiger partial charge is 0.503 e. The number of hydrogen-bond donors (Lipinski definition) is 3. The molecule has 37 heavy (non-hydrogen) atoms. The number of aromatic hydroxyl groups is 1. The number of benzene rings is 1. The number of carboxylic acids is 1. The number of aliphatic carboxylic acids is 1. The molecule has 1 aliphatic heterocycles. The van der Waals surface area contributed by atoms with Gasteiger partial charge in [0.25, 0.3) is 5.91 Å². The molecule has 0 radical (unpaired) electrons. The fraction of sp³-hybridized carbons (Fsp3) is 0.423. The zero-order valence-corrected chi connectivity index (χ0v) is 20.7. The van der Waals surface area contributed by atoms with Crippen LogP contribution in [0.15, 0.2) is 42.6 Å². The standard InChI is InChI=1S/C26H30N2O9/c1-14(11-20(29)30)21-15(2)37-26(34)18(28-24(32)22-23(31)19(35-3)9-10-27-22)13-36-25(33)17(21)12-16-7-5-4-6-8-16/h4-10,14-15,17-18,21,31H,11-13H2,1-3H3,(H,28,32)(H,29,30)/t14?,15-,17+,18?,21-/m0/s1. The van der Waals surface area contributed by atoms with Crippen LogP contribution in [0.3, 0.4) is 0 Å². The van der Waals surface area contributed by atoms with Gasteiger partial charge in [-0.2, -0.15) is 0 Å². The molecule has 2 heterocycles. The Balaban J connectivity index is 1.89. The smallest absolute Gasteiger partial charge is 0.332 e. The van der Waals surface area contributed by atoms with Gasteiger partial charge in [0.05, 0.1) is 13.0 Å². The topological polar surface area (TPSA) is 161 Å². The van der Waals surface area contributed by atoms with E-state index >= 15 is 0 Å². The Kier molecular flexibility index (Phi) is 9.05. The number of carbonyl (C=O) groups is 4. The summed E-state index contributed by atoms with van der Waals surface area (Å²) < 4.78 is 16.1. The van der Waals surface area contributed by atoms with Crippen molar-refractivity contribution in [3.05, 3.63) is 53.9 Å². The van der Waals surface area contributed by atoms with Gasteiger partial charge in [-0.15, -0.1) is 0 Å². The van der Waals surface area contributed by atoms with Crippen LogP contribution in [0, 0.1) is 17.8 Å². The molecule has 0 aliphatic carbocycles. The van der Waals surface area contributed by atoms with Crippen LogP contribution in [-0.4, -0.2) is 64.9 Å². The molecule has 3 N–H and O–H groups in total. The Labute approximate surface area is 213 Å². The van der Waals surface area contributed by atoms with Crippen LogP contribution in [0.25, 0.3) is 0 Å². The normalized spacial score (nSPS) is 22.9. The number of carbonyl (C=O) groups excluding carboxylic acids is 3. The Morgan fingerprint density at radius 2 is 1.89 bits per heavy atom. The molecule has 1 saturated heterocycles. The average molecular weight is 515 g/mol. The molecule has 0 saturated carbocycles. The van der Waals surface area contributed by atoms with E-state index in [0.717, 1.165) is 5.56 Å². The summed E-state index contributed by atoms with van der Waals surface area (Å²) in [5.41, 5.74) is 0.445. The highest BCUT2D eigenvalue weighted by molar-refractivity contribution is 5.98. The van der Waals surface area contributed by atoms with Crippen molar-refractivity contribution in [2.75, 3.05) is 13.7 Å². The van der Waals surface area contributed by atoms with Crippen LogP contribution in [0.5, 0.6) is 11.5 Å². The predicted octanol–water partition coefficient (Wildman–Crippen LogP) is 1.97. The summed E-state index contributed by atoms with van der Waals surface area (Å²) in [4.78, 5) is 54.4. The summed E-state index contributed by atoms with van der Waals surface area (Å²) in [6.45, 7) is 2.75. The number of pyridine rings is 1. The first kappa shape index (κ1) is 27.4. The SMILES string of the molecule is COc1ccnc(C(=O)NC2COC(=O)[C@H](Cc3ccccc3)[C@@H](C(C)CC(=O)O)[C@H](C)OC2=O)c1O. The van der Waals surface area contributed by atoms with E-state index < -0.39 is 66.1 Å². The van der Waals surface area contributed by atoms with Gasteiger partial charge in [0.1, 0.15) is 12.7 Å². The summed E-state index contributed by atoms with van der Waals surface area (Å²) >= 11 is 0. The number of aromatic nitrogens is 1. The Bertz CT molecular complexity index is 1140. The van der Waals surface area contributed by atoms with Crippen molar-refractivity contribution in [2.45, 2.75) is 38.8 Å². The van der Waals surface area contributed by atoms with Gasteiger partial charge in [-0.05, 0) is 24.8 Å². The number of ether oxygens (including phenoxy) is 3. The van der Waals surface area contributed by atoms with Gasteiger partial charge in [-0.3, -0.25) is 14.4 Å². The third-order valence-corrected chi connectivity index (χ3v) is 6.37. The van der Waals surface area contributed by atoms with Crippen LogP contribution in [0.1, 0.15) is 36.3 Å². The number of methoxy groups -OCH3 is 1. The van der Waals surface area contributed by atoms with E-state index in [4.69, 9.17) is 14.2 Å². The fourth-order valence-corrected chi connectivity index (χ4v) is 4.62. The van der Waals surface area contributed by atoms with E-state index in [1.807, 2.05) is 30.3 Å². The van der Waals surface area contributed by atoms with E-state index in [2.05, 4.69) is 10.3 Å². The predicted molar refractivity (Wildman–Crippen MR) is 129 cm³/mol. The van der Waals surface area contributed by atoms with E-state index in [-0.39, 0.29) is 24.3 Å². The highest BCUT2D eigenvalue weighted by atomic mass is 16.6. The molecule has 0 bridgehead atoms. The van der Waals surface area contributed by atoms with Gasteiger partial charge in [-0.25, -0.2) is 9.78 Å². The lowest BCUT2D eigenvalue weighted by molar-refractivity contribution is -0.156. The lowest BCUT2D eigenvalue weighted by Gasteiger charge is -2.33. The van der Waals surface area contributed by atoms with Crippen molar-refractivity contribution >= 4 is 23.8 Å². The maximum Gasteiger partial charge on any atom is 0.332 e. The minimum atomic E-state index is -1.39. The van der Waals surface area contributed by atoms with Crippen molar-refractivity contribution in [1.82, 2.24) is 10.3 Å². The Hall–Kier alpha value is -4.15. The molecule has 2 aromatic rings. The van der Waals surface area contributed by atoms with Crippen LogP contribution >= 0.6 is 0 Å². The Morgan fingerprint density at radius 1 is 1.19 bits per heavy atom. The zero-order valence-electron chi connectivity index (χ0n) is 20.7. The van der Waals surface area contributed by atoms with Gasteiger partial charge in [0.2, 0.25) is 0 Å². The van der Waals surface area contributed by atoms with Gasteiger partial charge in [0.15, 0.2) is 23.2 Å². The summed E-state index contributed by atoms with van der Waals surface area (Å²) in [5, 5.41) is 22.0. The number of cyclic esters (lactones) is 2. The average Bonchev–Trinajstić information content (AvgIpc) is 2.89. The summed E-state index contributed by atoms with van der Waals surface area (Å²) in [5.74, 6) is -5.99. The molecular formula is C26H30N2O9. The number of nitrogens with zero attached hydrogens (tertiary/aromatic N) is 1. The summed E-state index contributed by atoms with van der Waals surface area (Å²) in [6.07, 6.45) is 0.379. The monoisotopic (exact) mass is 514 g/mol. The second-order valence-corrected chi connectivity index (χ2v) is 8.96. The maximum absolute atomic E-state index is 13.3. The van der Waals surface area contributed by atoms with Gasteiger partial charge in [-0.1, -0.05) is 37.3 Å². The molecule has 1 aromatic carbocycles. The number of carboxylic acid groups (broad SMARTS) is 1. The minimum absolute atomic E-state index is 0.0104. The molecule has 1 amide bonds. The highest BCUT2D eigenvalue weighted by Gasteiger charge is 2.42.